The molecular formula is C41H47Cl4I11N9O5-. The normalized spacial score (nSPS) is 15.3. The van der Waals surface area contributed by atoms with Crippen molar-refractivity contribution in [3.8, 4) is 11.4 Å². The van der Waals surface area contributed by atoms with Crippen molar-refractivity contribution in [2.45, 2.75) is 72.1 Å². The molecule has 1 N–H and O–H groups in total. The van der Waals surface area contributed by atoms with Crippen molar-refractivity contribution < 1.29 is 37.1 Å². The number of ketones is 1. The second-order valence-electron chi connectivity index (χ2n) is 15.2. The number of carbonyl (C=O) groups excluding carboxylic acids is 3. The molecule has 0 unspecified atom stereocenters. The number of ether oxygens (including phenoxy) is 2. The van der Waals surface area contributed by atoms with Crippen LogP contribution in [0.4, 0.5) is 0 Å². The van der Waals surface area contributed by atoms with Crippen molar-refractivity contribution >= 4 is 207 Å². The minimum Gasteiger partial charge on any atom is -0.334 e. The number of benzene rings is 2. The molecule has 2 aromatic carbocycles. The molecule has 5 aromatic rings. The first kappa shape index (κ1) is 64.6. The van der Waals surface area contributed by atoms with Gasteiger partial charge in [0.1, 0.15) is 5.69 Å². The maximum absolute atomic E-state index is 12.9. The van der Waals surface area contributed by atoms with E-state index in [0.29, 0.717) is 89.2 Å². The predicted molar refractivity (Wildman–Crippen MR) is 368 cm³/mol. The van der Waals surface area contributed by atoms with E-state index in [1.807, 2.05) is 39.5 Å². The third kappa shape index (κ3) is 16.7. The van der Waals surface area contributed by atoms with Gasteiger partial charge in [0, 0.05) is 87.5 Å². The van der Waals surface area contributed by atoms with E-state index in [4.69, 9.17) is 61.0 Å². The molecule has 2 amide bonds. The second kappa shape index (κ2) is 31.1. The molecule has 392 valence electrons. The number of carbonyl (C=O) groups is 3. The number of aromatic nitrogens is 6. The summed E-state index contributed by atoms with van der Waals surface area (Å²) in [6.45, 7) is 3.77. The molecule has 0 aliphatic carbocycles. The van der Waals surface area contributed by atoms with Gasteiger partial charge in [-0.1, -0.05) is 53.8 Å². The zero-order chi connectivity index (χ0) is 50.3. The molecule has 0 bridgehead atoms. The number of Topliss-reactive ketones (excluding diaryl/α,β-unsaturated/α-hetero) is 1. The summed E-state index contributed by atoms with van der Waals surface area (Å²) in [5.74, 6) is -0.0314. The van der Waals surface area contributed by atoms with Gasteiger partial charge in [0.2, 0.25) is 6.41 Å². The van der Waals surface area contributed by atoms with E-state index in [1.54, 1.807) is 55.5 Å². The first-order chi connectivity index (χ1) is 32.9. The predicted octanol–water partition coefficient (Wildman–Crippen LogP) is 13.3. The van der Waals surface area contributed by atoms with Gasteiger partial charge in [0.05, 0.1) is 62.2 Å². The number of H-pyrrole nitrogens is 1. The maximum atomic E-state index is 12.9. The van der Waals surface area contributed by atoms with Crippen LogP contribution in [-0.2, 0) is 54.9 Å². The molecule has 0 saturated heterocycles. The Morgan fingerprint density at radius 2 is 1.26 bits per heavy atom. The molecule has 0 spiro atoms. The number of hydrogen-bond donors (Lipinski definition) is 1. The average molecular weight is 2280 g/mol. The Hall–Kier alpha value is 3.75. The van der Waals surface area contributed by atoms with E-state index in [-0.39, 0.29) is 63.0 Å². The summed E-state index contributed by atoms with van der Waals surface area (Å²) < 4.78 is 13.6. The molecular weight excluding hydrogens is 2240 g/mol. The Kier molecular flexibility index (Phi) is 28.7. The molecule has 0 atom stereocenters. The molecule has 0 fully saturated rings. The molecule has 9 rings (SSSR count). The van der Waals surface area contributed by atoms with E-state index in [2.05, 4.69) is 127 Å². The summed E-state index contributed by atoms with van der Waals surface area (Å²) in [5, 5.41) is 18.2. The molecule has 3 aromatic heterocycles. The molecule has 70 heavy (non-hydrogen) atoms. The van der Waals surface area contributed by atoms with Crippen molar-refractivity contribution in [2.75, 3.05) is 41.4 Å². The quantitative estimate of drug-likeness (QED) is 0.113. The minimum atomic E-state index is -0.355. The number of methoxy groups -OCH3 is 2. The third-order valence-corrected chi connectivity index (χ3v) is 591. The van der Waals surface area contributed by atoms with Crippen LogP contribution in [0, 0.1) is 0 Å². The van der Waals surface area contributed by atoms with Crippen molar-refractivity contribution in [2.24, 2.45) is 0 Å². The summed E-state index contributed by atoms with van der Waals surface area (Å²) in [5.41, 5.74) is 9.04. The second-order valence-corrected chi connectivity index (χ2v) is 228. The van der Waals surface area contributed by atoms with Gasteiger partial charge in [-0.3, -0.25) is 33.7 Å². The molecule has 14 nitrogen and oxygen atoms in total. The Balaban J connectivity index is 0.000000191. The first-order valence-electron chi connectivity index (χ1n) is 20.2. The first-order valence-corrected chi connectivity index (χ1v) is 84.6. The van der Waals surface area contributed by atoms with Crippen LogP contribution in [0.2, 0.25) is 20.1 Å². The van der Waals surface area contributed by atoms with Crippen molar-refractivity contribution in [3.63, 3.8) is 0 Å². The van der Waals surface area contributed by atoms with Crippen LogP contribution >= 0.6 is 190 Å². The Bertz CT molecular complexity index is 2620. The standard InChI is InChI=1S/C18H15Cl2N5O.C17H15Cl2N3O2.C5H13NO2.CH4.I11/c19-13-2-1-10(7-14(13)20)18(26)24-5-4-15-12(9-24)17-16-11(8-21-22-16)3-6-25(17)23-15;18-12-4-3-10(8-13(12)19)17(24)21-7-5-14-11(9-21)16-15(23)2-1-6-22(16)20-14;1-6(2)5(7-3)8-4;;1-7-9(4)11(6)10(5)8(2)3/h1-2,7-8H,3-6,9H2,(H,21,22);3-4,8H,1-2,5-7,9H2;5H,1-4H3;1H4;/q;;;;-1. The van der Waals surface area contributed by atoms with Crippen LogP contribution in [-0.4, -0.2) is 110 Å². The van der Waals surface area contributed by atoms with Crippen LogP contribution in [0.3, 0.4) is 0 Å². The molecule has 7 heterocycles. The summed E-state index contributed by atoms with van der Waals surface area (Å²) in [6.07, 6.45) is 5.37. The number of aryl methyl sites for hydroxylation is 3. The Morgan fingerprint density at radius 1 is 0.743 bits per heavy atom. The fourth-order valence-electron chi connectivity index (χ4n) is 7.77. The van der Waals surface area contributed by atoms with Gasteiger partial charge in [0.15, 0.2) is 5.78 Å². The van der Waals surface area contributed by atoms with Crippen LogP contribution in [0.15, 0.2) is 42.6 Å². The molecule has 29 heteroatoms. The van der Waals surface area contributed by atoms with Gasteiger partial charge in [-0.05, 0) is 63.3 Å². The number of amides is 2. The number of nitrogens with one attached hydrogen (secondary N) is 1. The molecule has 4 aliphatic heterocycles. The van der Waals surface area contributed by atoms with Gasteiger partial charge >= 0.3 is 157 Å². The SMILES string of the molecule is C.COC(OC)N(C)C.I[I-]I(I)I(I)I(I)I(I)I.O=C(c1ccc(Cl)c(Cl)c1)N1CCc2nn3c(c2C1)-c1[nH]ncc1CC3.O=C1CCCn2nc3c(c21)CN(C(=O)c1ccc(Cl)c(Cl)c1)CC3. The van der Waals surface area contributed by atoms with Gasteiger partial charge < -0.3 is 19.3 Å². The van der Waals surface area contributed by atoms with Gasteiger partial charge in [-0.15, -0.1) is 0 Å². The topological polar surface area (TPSA) is 144 Å². The number of aromatic amines is 1. The number of fused-ring (bicyclic) bond motifs is 8. The molecule has 0 radical (unpaired) electrons. The Labute approximate surface area is 510 Å². The van der Waals surface area contributed by atoms with Gasteiger partial charge in [0.25, 0.3) is 11.8 Å². The third-order valence-electron chi connectivity index (χ3n) is 10.8. The zero-order valence-electron chi connectivity index (χ0n) is 36.7. The largest absolute Gasteiger partial charge is 0.334 e. The van der Waals surface area contributed by atoms with Gasteiger partial charge in [-0.25, -0.2) is 0 Å². The van der Waals surface area contributed by atoms with E-state index < -0.39 is 0 Å². The van der Waals surface area contributed by atoms with Crippen molar-refractivity contribution in [1.82, 2.24) is 44.5 Å². The van der Waals surface area contributed by atoms with Crippen LogP contribution in [0.1, 0.15) is 79.6 Å². The number of halogens is 15. The summed E-state index contributed by atoms with van der Waals surface area (Å²) in [7, 11) is 5.83. The number of rotatable bonds is 9. The Morgan fingerprint density at radius 3 is 1.71 bits per heavy atom. The fourth-order valence-corrected chi connectivity index (χ4v) is 1060. The molecule has 4 aliphatic rings. The monoisotopic (exact) mass is 2280 g/mol. The van der Waals surface area contributed by atoms with Crippen LogP contribution < -0.4 is 13.3 Å². The summed E-state index contributed by atoms with van der Waals surface area (Å²) in [4.78, 5) is 43.4. The van der Waals surface area contributed by atoms with Crippen molar-refractivity contribution in [3.05, 3.63) is 108 Å². The number of hydrogen-bond acceptors (Lipinski definition) is 9. The van der Waals surface area contributed by atoms with E-state index in [1.165, 1.54) is 5.56 Å². The van der Waals surface area contributed by atoms with Gasteiger partial charge in [-0.2, -0.15) is 15.3 Å². The minimum absolute atomic E-state index is 0. The molecule has 0 saturated carbocycles. The van der Waals surface area contributed by atoms with E-state index >= 15 is 0 Å². The average Bonchev–Trinajstić information content (AvgIpc) is 4.08. The summed E-state index contributed by atoms with van der Waals surface area (Å²) in [6, 6.07) is 9.88. The number of nitrogens with zero attached hydrogens (tertiary/aromatic N) is 8. The smallest absolute Gasteiger partial charge is 0.254 e. The van der Waals surface area contributed by atoms with E-state index in [9.17, 15) is 14.4 Å². The van der Waals surface area contributed by atoms with Crippen LogP contribution in [0.25, 0.3) is 11.4 Å². The zero-order valence-corrected chi connectivity index (χ0v) is 63.4. The van der Waals surface area contributed by atoms with Crippen LogP contribution in [0.5, 0.6) is 0 Å². The summed E-state index contributed by atoms with van der Waals surface area (Å²) >= 11 is 41.7. The maximum Gasteiger partial charge on any atom is 0.254 e. The van der Waals surface area contributed by atoms with E-state index in [0.717, 1.165) is 66.3 Å². The fraction of sp³-hybridized carbons (Fsp3) is 0.415. The van der Waals surface area contributed by atoms with Crippen molar-refractivity contribution in [1.29, 1.82) is 0 Å².